The van der Waals surface area contributed by atoms with E-state index in [1.54, 1.807) is 0 Å². The number of nitrogens with one attached hydrogen (secondary N) is 1. The number of thioether (sulfide) groups is 1. The molecule has 164 valence electrons. The Morgan fingerprint density at radius 3 is 2.84 bits per heavy atom. The van der Waals surface area contributed by atoms with Crippen molar-refractivity contribution in [3.05, 3.63) is 46.2 Å². The molecule has 1 N–H and O–H groups in total. The Kier molecular flexibility index (Phi) is 6.92. The molecule has 9 heteroatoms. The van der Waals surface area contributed by atoms with Gasteiger partial charge in [0, 0.05) is 11.9 Å². The summed E-state index contributed by atoms with van der Waals surface area (Å²) in [4.78, 5) is 16.8. The van der Waals surface area contributed by atoms with E-state index in [-0.39, 0.29) is 11.2 Å². The number of amides is 1. The maximum absolute atomic E-state index is 12.5. The number of rotatable bonds is 8. The number of anilines is 1. The lowest BCUT2D eigenvalue weighted by atomic mass is 9.92. The normalized spacial score (nSPS) is 14.2. The fraction of sp³-hybridized carbons (Fsp3) is 0.455. The second kappa shape index (κ2) is 9.82. The van der Waals surface area contributed by atoms with Crippen LogP contribution in [0.2, 0.25) is 0 Å². The summed E-state index contributed by atoms with van der Waals surface area (Å²) in [5.74, 6) is 1.52. The van der Waals surface area contributed by atoms with Crippen LogP contribution in [0.4, 0.5) is 5.13 Å². The van der Waals surface area contributed by atoms with E-state index in [1.807, 2.05) is 36.8 Å². The third-order valence-electron chi connectivity index (χ3n) is 5.30. The summed E-state index contributed by atoms with van der Waals surface area (Å²) in [5.41, 5.74) is 3.73. The molecule has 1 aliphatic rings. The van der Waals surface area contributed by atoms with Gasteiger partial charge < -0.3 is 14.6 Å². The number of aryl methyl sites for hydroxylation is 3. The lowest BCUT2D eigenvalue weighted by Crippen LogP contribution is -2.23. The number of thiazole rings is 1. The van der Waals surface area contributed by atoms with Gasteiger partial charge in [0.15, 0.2) is 16.1 Å². The Labute approximate surface area is 190 Å². The molecular formula is C22H27N5O2S2. The first-order valence-corrected chi connectivity index (χ1v) is 12.4. The Morgan fingerprint density at radius 2 is 2.10 bits per heavy atom. The van der Waals surface area contributed by atoms with Gasteiger partial charge in [0.1, 0.15) is 12.4 Å². The van der Waals surface area contributed by atoms with Crippen molar-refractivity contribution in [1.29, 1.82) is 0 Å². The van der Waals surface area contributed by atoms with Gasteiger partial charge in [-0.3, -0.25) is 4.79 Å². The van der Waals surface area contributed by atoms with Crippen LogP contribution in [0.5, 0.6) is 5.75 Å². The smallest absolute Gasteiger partial charge is 0.239 e. The highest BCUT2D eigenvalue weighted by Gasteiger charge is 2.21. The van der Waals surface area contributed by atoms with Crippen molar-refractivity contribution in [3.8, 4) is 5.75 Å². The molecule has 4 rings (SSSR count). The number of carbonyl (C=O) groups excluding carboxylic acids is 1. The van der Waals surface area contributed by atoms with Crippen LogP contribution in [-0.4, -0.2) is 30.9 Å². The molecule has 1 amide bonds. The van der Waals surface area contributed by atoms with Crippen molar-refractivity contribution in [2.24, 2.45) is 0 Å². The first-order valence-electron chi connectivity index (χ1n) is 10.6. The van der Waals surface area contributed by atoms with Gasteiger partial charge in [0.05, 0.1) is 10.9 Å². The number of nitrogens with zero attached hydrogens (tertiary/aromatic N) is 4. The second-order valence-corrected chi connectivity index (χ2v) is 9.78. The fourth-order valence-electron chi connectivity index (χ4n) is 3.61. The summed E-state index contributed by atoms with van der Waals surface area (Å²) in [6.07, 6.45) is 4.80. The van der Waals surface area contributed by atoms with E-state index >= 15 is 0 Å². The zero-order valence-electron chi connectivity index (χ0n) is 18.1. The Morgan fingerprint density at radius 1 is 1.29 bits per heavy atom. The molecule has 0 bridgehead atoms. The quantitative estimate of drug-likeness (QED) is 0.496. The van der Waals surface area contributed by atoms with Gasteiger partial charge in [-0.15, -0.1) is 21.5 Å². The van der Waals surface area contributed by atoms with Crippen LogP contribution in [0.25, 0.3) is 0 Å². The number of aromatic nitrogens is 4. The van der Waals surface area contributed by atoms with E-state index in [2.05, 4.69) is 32.6 Å². The fourth-order valence-corrected chi connectivity index (χ4v) is 5.23. The highest BCUT2D eigenvalue weighted by Crippen LogP contribution is 2.27. The molecular weight excluding hydrogens is 430 g/mol. The number of benzene rings is 1. The van der Waals surface area contributed by atoms with Gasteiger partial charge >= 0.3 is 0 Å². The maximum atomic E-state index is 12.5. The van der Waals surface area contributed by atoms with Gasteiger partial charge in [-0.1, -0.05) is 17.8 Å². The van der Waals surface area contributed by atoms with E-state index in [9.17, 15) is 4.79 Å². The highest BCUT2D eigenvalue weighted by atomic mass is 32.2. The van der Waals surface area contributed by atoms with Crippen LogP contribution in [-0.2, 0) is 30.8 Å². The first-order chi connectivity index (χ1) is 15.0. The number of fused-ring (bicyclic) bond motifs is 1. The van der Waals surface area contributed by atoms with E-state index in [4.69, 9.17) is 4.74 Å². The van der Waals surface area contributed by atoms with Crippen LogP contribution in [0.3, 0.4) is 0 Å². The van der Waals surface area contributed by atoms with Crippen LogP contribution in [0.15, 0.2) is 28.7 Å². The SMILES string of the molecule is CCn1c(COc2ccc3c(c2)CCCC3)nnc1S[C@@H](C)C(=O)Nc1nc(C)cs1. The van der Waals surface area contributed by atoms with Crippen molar-refractivity contribution in [2.75, 3.05) is 5.32 Å². The second-order valence-electron chi connectivity index (χ2n) is 7.61. The Bertz CT molecular complexity index is 1060. The predicted molar refractivity (Wildman–Crippen MR) is 124 cm³/mol. The van der Waals surface area contributed by atoms with E-state index in [1.165, 1.54) is 47.1 Å². The molecule has 0 radical (unpaired) electrons. The molecule has 1 aliphatic carbocycles. The summed E-state index contributed by atoms with van der Waals surface area (Å²) in [6.45, 7) is 6.86. The average Bonchev–Trinajstić information content (AvgIpc) is 3.37. The highest BCUT2D eigenvalue weighted by molar-refractivity contribution is 8.00. The summed E-state index contributed by atoms with van der Waals surface area (Å²) < 4.78 is 8.03. The minimum atomic E-state index is -0.326. The van der Waals surface area contributed by atoms with Gasteiger partial charge in [0.25, 0.3) is 0 Å². The molecule has 7 nitrogen and oxygen atoms in total. The number of hydrogen-bond acceptors (Lipinski definition) is 7. The van der Waals surface area contributed by atoms with Gasteiger partial charge in [-0.25, -0.2) is 4.98 Å². The summed E-state index contributed by atoms with van der Waals surface area (Å²) >= 11 is 2.81. The van der Waals surface area contributed by atoms with Crippen LogP contribution in [0, 0.1) is 6.92 Å². The van der Waals surface area contributed by atoms with Gasteiger partial charge in [-0.05, 0) is 69.7 Å². The monoisotopic (exact) mass is 457 g/mol. The largest absolute Gasteiger partial charge is 0.486 e. The molecule has 3 aromatic rings. The van der Waals surface area contributed by atoms with E-state index in [0.29, 0.717) is 23.4 Å². The van der Waals surface area contributed by atoms with Crippen LogP contribution >= 0.6 is 23.1 Å². The van der Waals surface area contributed by atoms with Crippen molar-refractivity contribution in [3.63, 3.8) is 0 Å². The molecule has 0 saturated carbocycles. The third-order valence-corrected chi connectivity index (χ3v) is 7.25. The minimum Gasteiger partial charge on any atom is -0.486 e. The van der Waals surface area contributed by atoms with Gasteiger partial charge in [0.2, 0.25) is 5.91 Å². The van der Waals surface area contributed by atoms with Crippen LogP contribution < -0.4 is 10.1 Å². The zero-order valence-corrected chi connectivity index (χ0v) is 19.7. The molecule has 0 saturated heterocycles. The van der Waals surface area contributed by atoms with Crippen molar-refractivity contribution in [2.45, 2.75) is 70.0 Å². The van der Waals surface area contributed by atoms with E-state index < -0.39 is 0 Å². The lowest BCUT2D eigenvalue weighted by Gasteiger charge is -2.17. The summed E-state index contributed by atoms with van der Waals surface area (Å²) in [6, 6.07) is 6.38. The number of hydrogen-bond donors (Lipinski definition) is 1. The number of ether oxygens (including phenoxy) is 1. The van der Waals surface area contributed by atoms with Crippen molar-refractivity contribution < 1.29 is 9.53 Å². The molecule has 1 aromatic carbocycles. The molecule has 2 aromatic heterocycles. The average molecular weight is 458 g/mol. The standard InChI is InChI=1S/C22H27N5O2S2/c1-4-27-19(12-29-18-10-9-16-7-5-6-8-17(16)11-18)25-26-22(27)31-15(3)20(28)24-21-23-14(2)13-30-21/h9-11,13,15H,4-8,12H2,1-3H3,(H,23,24,28)/t15-/m0/s1. The minimum absolute atomic E-state index is 0.100. The van der Waals surface area contributed by atoms with E-state index in [0.717, 1.165) is 30.1 Å². The molecule has 0 unspecified atom stereocenters. The molecule has 0 spiro atoms. The lowest BCUT2D eigenvalue weighted by molar-refractivity contribution is -0.115. The topological polar surface area (TPSA) is 81.9 Å². The van der Waals surface area contributed by atoms with Crippen molar-refractivity contribution in [1.82, 2.24) is 19.7 Å². The molecule has 2 heterocycles. The molecule has 0 fully saturated rings. The summed E-state index contributed by atoms with van der Waals surface area (Å²) in [5, 5.41) is 14.4. The molecule has 1 atom stereocenters. The maximum Gasteiger partial charge on any atom is 0.239 e. The van der Waals surface area contributed by atoms with Gasteiger partial charge in [-0.2, -0.15) is 0 Å². The predicted octanol–water partition coefficient (Wildman–Crippen LogP) is 4.64. The Hall–Kier alpha value is -2.39. The first kappa shape index (κ1) is 21.8. The third kappa shape index (κ3) is 5.27. The summed E-state index contributed by atoms with van der Waals surface area (Å²) in [7, 11) is 0. The number of carbonyl (C=O) groups is 1. The molecule has 0 aliphatic heterocycles. The zero-order chi connectivity index (χ0) is 21.8. The Balaban J connectivity index is 1.38. The molecule has 31 heavy (non-hydrogen) atoms. The van der Waals surface area contributed by atoms with Crippen molar-refractivity contribution >= 4 is 34.1 Å². The van der Waals surface area contributed by atoms with Crippen LogP contribution in [0.1, 0.15) is 49.3 Å².